The Bertz CT molecular complexity index is 327. The van der Waals surface area contributed by atoms with E-state index in [9.17, 15) is 4.79 Å². The molecule has 0 saturated carbocycles. The Balaban J connectivity index is 3.01. The van der Waals surface area contributed by atoms with Crippen LogP contribution in [0.3, 0.4) is 0 Å². The molecule has 0 unspecified atom stereocenters. The lowest BCUT2D eigenvalue weighted by atomic mass is 10.3. The van der Waals surface area contributed by atoms with Gasteiger partial charge in [-0.25, -0.2) is 9.78 Å². The minimum atomic E-state index is -0.705. The lowest BCUT2D eigenvalue weighted by Gasteiger charge is -1.88. The molecule has 0 aliphatic rings. The van der Waals surface area contributed by atoms with E-state index in [1.54, 1.807) is 5.38 Å². The predicted molar refractivity (Wildman–Crippen MR) is 41.9 cm³/mol. The highest BCUT2D eigenvalue weighted by Crippen LogP contribution is 2.01. The number of nitrogens with zero attached hydrogens (tertiary/aromatic N) is 3. The lowest BCUT2D eigenvalue weighted by molar-refractivity contribution is -0.137. The van der Waals surface area contributed by atoms with Gasteiger partial charge in [0.15, 0.2) is 5.69 Å². The number of thiazole rings is 1. The number of aromatic nitrogens is 1. The Morgan fingerprint density at radius 2 is 2.58 bits per heavy atom. The number of carbonyl (C=O) groups excluding carboxylic acids is 1. The smallest absolute Gasteiger partial charge is 0.425 e. The molecule has 12 heavy (non-hydrogen) atoms. The quantitative estimate of drug-likeness (QED) is 0.287. The lowest BCUT2D eigenvalue weighted by Crippen LogP contribution is -2.18. The molecule has 0 fully saturated rings. The number of carbonyl (C=O) groups is 1. The number of methoxy groups -OCH3 is 1. The van der Waals surface area contributed by atoms with Gasteiger partial charge in [-0.2, -0.15) is 4.79 Å². The first kappa shape index (κ1) is 8.58. The average Bonchev–Trinajstić information content (AvgIpc) is 2.58. The number of ether oxygens (including phenoxy) is 1. The van der Waals surface area contributed by atoms with Gasteiger partial charge in [0.05, 0.1) is 12.6 Å². The number of hydrogen-bond donors (Lipinski definition) is 0. The first-order valence-electron chi connectivity index (χ1n) is 2.98. The fourth-order valence-corrected chi connectivity index (χ4v) is 1.16. The maximum Gasteiger partial charge on any atom is 0.425 e. The van der Waals surface area contributed by atoms with Gasteiger partial charge in [-0.15, -0.1) is 11.3 Å². The van der Waals surface area contributed by atoms with Crippen molar-refractivity contribution in [1.29, 1.82) is 0 Å². The average molecular weight is 183 g/mol. The van der Waals surface area contributed by atoms with E-state index in [-0.39, 0.29) is 5.71 Å². The molecule has 0 aromatic carbocycles. The SMILES string of the molecule is COC(=O)C(=[N+]=[N-])c1cscn1. The Kier molecular flexibility index (Phi) is 2.68. The van der Waals surface area contributed by atoms with Gasteiger partial charge in [0, 0.05) is 5.38 Å². The van der Waals surface area contributed by atoms with Crippen LogP contribution >= 0.6 is 11.3 Å². The van der Waals surface area contributed by atoms with Crippen molar-refractivity contribution in [2.24, 2.45) is 0 Å². The van der Waals surface area contributed by atoms with Crippen LogP contribution in [-0.2, 0) is 9.53 Å². The van der Waals surface area contributed by atoms with E-state index in [4.69, 9.17) is 5.53 Å². The van der Waals surface area contributed by atoms with Crippen molar-refractivity contribution in [3.05, 3.63) is 22.1 Å². The van der Waals surface area contributed by atoms with E-state index in [2.05, 4.69) is 14.5 Å². The fourth-order valence-electron chi connectivity index (χ4n) is 0.623. The second-order valence-electron chi connectivity index (χ2n) is 1.81. The fraction of sp³-hybridized carbons (Fsp3) is 0.167. The van der Waals surface area contributed by atoms with Crippen LogP contribution in [0.4, 0.5) is 0 Å². The Labute approximate surface area is 72.2 Å². The zero-order chi connectivity index (χ0) is 8.97. The molecule has 6 heteroatoms. The van der Waals surface area contributed by atoms with Crippen LogP contribution in [0.2, 0.25) is 0 Å². The van der Waals surface area contributed by atoms with E-state index in [0.29, 0.717) is 5.69 Å². The van der Waals surface area contributed by atoms with Crippen molar-refractivity contribution in [3.63, 3.8) is 0 Å². The van der Waals surface area contributed by atoms with E-state index in [1.807, 2.05) is 0 Å². The summed E-state index contributed by atoms with van der Waals surface area (Å²) in [6.45, 7) is 0. The van der Waals surface area contributed by atoms with Gasteiger partial charge < -0.3 is 10.3 Å². The Morgan fingerprint density at radius 1 is 1.83 bits per heavy atom. The van der Waals surface area contributed by atoms with Gasteiger partial charge in [0.2, 0.25) is 0 Å². The van der Waals surface area contributed by atoms with Gasteiger partial charge in [-0.1, -0.05) is 0 Å². The van der Waals surface area contributed by atoms with Crippen LogP contribution in [-0.4, -0.2) is 28.6 Å². The first-order valence-corrected chi connectivity index (χ1v) is 3.92. The summed E-state index contributed by atoms with van der Waals surface area (Å²) in [5, 5.41) is 1.59. The number of esters is 1. The van der Waals surface area contributed by atoms with Gasteiger partial charge in [-0.05, 0) is 0 Å². The van der Waals surface area contributed by atoms with Crippen LogP contribution in [0.15, 0.2) is 10.9 Å². The molecule has 0 bridgehead atoms. The third kappa shape index (κ3) is 1.55. The molecule has 0 N–H and O–H groups in total. The van der Waals surface area contributed by atoms with Crippen molar-refractivity contribution < 1.29 is 14.3 Å². The predicted octanol–water partition coefficient (Wildman–Crippen LogP) is 0.335. The standard InChI is InChI=1S/C6H5N3O2S/c1-11-6(10)5(9-7)4-2-12-3-8-4/h2-3H,1H3. The molecule has 0 aliphatic carbocycles. The van der Waals surface area contributed by atoms with E-state index in [0.717, 1.165) is 0 Å². The largest absolute Gasteiger partial charge is 0.460 e. The molecule has 0 aliphatic heterocycles. The van der Waals surface area contributed by atoms with Crippen LogP contribution in [0.5, 0.6) is 0 Å². The summed E-state index contributed by atoms with van der Waals surface area (Å²) in [6.07, 6.45) is 0. The summed E-state index contributed by atoms with van der Waals surface area (Å²) in [7, 11) is 1.21. The maximum atomic E-state index is 10.9. The van der Waals surface area contributed by atoms with Crippen molar-refractivity contribution in [3.8, 4) is 0 Å². The highest BCUT2D eigenvalue weighted by atomic mass is 32.1. The third-order valence-corrected chi connectivity index (χ3v) is 1.74. The summed E-state index contributed by atoms with van der Waals surface area (Å²) in [6, 6.07) is 0. The zero-order valence-electron chi connectivity index (χ0n) is 6.22. The Hall–Kier alpha value is -1.52. The molecular weight excluding hydrogens is 178 g/mol. The number of hydrogen-bond acceptors (Lipinski definition) is 4. The van der Waals surface area contributed by atoms with Crippen LogP contribution in [0.1, 0.15) is 5.69 Å². The van der Waals surface area contributed by atoms with Gasteiger partial charge in [-0.3, -0.25) is 0 Å². The van der Waals surface area contributed by atoms with Gasteiger partial charge in [0.25, 0.3) is 0 Å². The van der Waals surface area contributed by atoms with Crippen LogP contribution < -0.4 is 0 Å². The molecule has 0 atom stereocenters. The molecule has 1 aromatic heterocycles. The molecule has 0 radical (unpaired) electrons. The summed E-state index contributed by atoms with van der Waals surface area (Å²) >= 11 is 1.30. The molecule has 0 amide bonds. The second kappa shape index (κ2) is 3.75. The number of rotatable bonds is 2. The molecule has 5 nitrogen and oxygen atoms in total. The van der Waals surface area contributed by atoms with E-state index >= 15 is 0 Å². The molecule has 62 valence electrons. The van der Waals surface area contributed by atoms with Crippen molar-refractivity contribution in [1.82, 2.24) is 4.98 Å². The first-order chi connectivity index (χ1) is 5.79. The normalized spacial score (nSPS) is 8.75. The van der Waals surface area contributed by atoms with E-state index < -0.39 is 5.97 Å². The van der Waals surface area contributed by atoms with Crippen LogP contribution in [0, 0.1) is 0 Å². The highest BCUT2D eigenvalue weighted by molar-refractivity contribution is 7.07. The second-order valence-corrected chi connectivity index (χ2v) is 2.53. The molecule has 1 rings (SSSR count). The topological polar surface area (TPSA) is 75.6 Å². The minimum absolute atomic E-state index is 0.182. The maximum absolute atomic E-state index is 10.9. The van der Waals surface area contributed by atoms with Gasteiger partial charge in [0.1, 0.15) is 0 Å². The third-order valence-electron chi connectivity index (χ3n) is 1.15. The highest BCUT2D eigenvalue weighted by Gasteiger charge is 2.25. The minimum Gasteiger partial charge on any atom is -0.460 e. The van der Waals surface area contributed by atoms with Crippen molar-refractivity contribution >= 4 is 23.0 Å². The molecule has 0 saturated heterocycles. The summed E-state index contributed by atoms with van der Waals surface area (Å²) in [5.74, 6) is -0.705. The van der Waals surface area contributed by atoms with Crippen LogP contribution in [0.25, 0.3) is 5.53 Å². The monoisotopic (exact) mass is 183 g/mol. The van der Waals surface area contributed by atoms with Gasteiger partial charge >= 0.3 is 11.7 Å². The summed E-state index contributed by atoms with van der Waals surface area (Å²) < 4.78 is 4.36. The molecule has 0 spiro atoms. The summed E-state index contributed by atoms with van der Waals surface area (Å²) in [4.78, 5) is 17.5. The summed E-state index contributed by atoms with van der Waals surface area (Å²) in [5.41, 5.74) is 10.1. The van der Waals surface area contributed by atoms with Crippen molar-refractivity contribution in [2.75, 3.05) is 7.11 Å². The zero-order valence-corrected chi connectivity index (χ0v) is 7.04. The van der Waals surface area contributed by atoms with Crippen molar-refractivity contribution in [2.45, 2.75) is 0 Å². The Morgan fingerprint density at radius 3 is 3.00 bits per heavy atom. The molecule has 1 aromatic rings. The van der Waals surface area contributed by atoms with E-state index in [1.165, 1.54) is 24.0 Å². The molecular formula is C6H5N3O2S. The molecule has 1 heterocycles.